The summed E-state index contributed by atoms with van der Waals surface area (Å²) in [6.45, 7) is 3.41. The topological polar surface area (TPSA) is 98.7 Å². The lowest BCUT2D eigenvalue weighted by molar-refractivity contribution is -0.156. The highest BCUT2D eigenvalue weighted by atomic mass is 16.3. The molecule has 2 aliphatic rings. The molecule has 2 unspecified atom stereocenters. The molecule has 2 saturated heterocycles. The molecule has 0 aliphatic carbocycles. The van der Waals surface area contributed by atoms with E-state index < -0.39 is 29.5 Å². The molecule has 7 heteroatoms. The van der Waals surface area contributed by atoms with Gasteiger partial charge in [0.1, 0.15) is 12.1 Å². The zero-order valence-corrected chi connectivity index (χ0v) is 10.4. The second-order valence-corrected chi connectivity index (χ2v) is 5.21. The Bertz CT molecular complexity index is 407. The molecule has 100 valence electrons. The number of nitrogens with zero attached hydrogens (tertiary/aromatic N) is 1. The van der Waals surface area contributed by atoms with E-state index in [0.717, 1.165) is 0 Å². The minimum atomic E-state index is -1.06. The van der Waals surface area contributed by atoms with E-state index in [-0.39, 0.29) is 12.5 Å². The molecule has 18 heavy (non-hydrogen) atoms. The Morgan fingerprint density at radius 2 is 2.11 bits per heavy atom. The van der Waals surface area contributed by atoms with Crippen LogP contribution in [0.2, 0.25) is 0 Å². The van der Waals surface area contributed by atoms with Crippen molar-refractivity contribution < 1.29 is 19.5 Å². The highest BCUT2D eigenvalue weighted by Crippen LogP contribution is 2.21. The zero-order chi connectivity index (χ0) is 13.5. The molecule has 2 atom stereocenters. The average molecular weight is 255 g/mol. The number of aliphatic hydroxyl groups excluding tert-OH is 1. The molecule has 3 N–H and O–H groups in total. The predicted molar refractivity (Wildman–Crippen MR) is 61.4 cm³/mol. The maximum atomic E-state index is 12.3. The lowest BCUT2D eigenvalue weighted by Crippen LogP contribution is -2.67. The summed E-state index contributed by atoms with van der Waals surface area (Å²) in [5, 5.41) is 14.5. The van der Waals surface area contributed by atoms with Crippen LogP contribution in [0.25, 0.3) is 0 Å². The minimum absolute atomic E-state index is 0.133. The van der Waals surface area contributed by atoms with E-state index in [1.54, 1.807) is 13.8 Å². The average Bonchev–Trinajstić information content (AvgIpc) is 2.70. The van der Waals surface area contributed by atoms with Gasteiger partial charge in [0.2, 0.25) is 11.8 Å². The molecule has 7 nitrogen and oxygen atoms in total. The number of carbonyl (C=O) groups is 3. The Morgan fingerprint density at radius 1 is 1.44 bits per heavy atom. The standard InChI is InChI=1S/C11H17N3O4/c1-11(2)10(18)13-8(16)5-14(11)9(17)7-3-6(15)4-12-7/h6-7,12,15H,3-5H2,1-2H3,(H,13,16,18). The van der Waals surface area contributed by atoms with Crippen molar-refractivity contribution in [2.24, 2.45) is 0 Å². The van der Waals surface area contributed by atoms with Crippen LogP contribution in [0.1, 0.15) is 20.3 Å². The van der Waals surface area contributed by atoms with Crippen molar-refractivity contribution in [2.45, 2.75) is 38.0 Å². The molecule has 0 saturated carbocycles. The molecule has 0 aromatic carbocycles. The smallest absolute Gasteiger partial charge is 0.252 e. The van der Waals surface area contributed by atoms with Gasteiger partial charge in [-0.15, -0.1) is 0 Å². The Balaban J connectivity index is 2.17. The minimum Gasteiger partial charge on any atom is -0.392 e. The lowest BCUT2D eigenvalue weighted by Gasteiger charge is -2.41. The molecule has 0 radical (unpaired) electrons. The van der Waals surface area contributed by atoms with Crippen LogP contribution in [0.4, 0.5) is 0 Å². The Labute approximate surface area is 105 Å². The van der Waals surface area contributed by atoms with Gasteiger partial charge < -0.3 is 15.3 Å². The summed E-state index contributed by atoms with van der Waals surface area (Å²) in [7, 11) is 0. The van der Waals surface area contributed by atoms with Crippen molar-refractivity contribution >= 4 is 17.7 Å². The van der Waals surface area contributed by atoms with Gasteiger partial charge >= 0.3 is 0 Å². The van der Waals surface area contributed by atoms with Gasteiger partial charge in [-0.3, -0.25) is 19.7 Å². The molecule has 2 fully saturated rings. The fourth-order valence-corrected chi connectivity index (χ4v) is 2.23. The number of piperazine rings is 1. The van der Waals surface area contributed by atoms with Crippen LogP contribution in [0.3, 0.4) is 0 Å². The Hall–Kier alpha value is -1.47. The number of β-amino-alcohol motifs (C(OH)–C–C–N with tert-alkyl or cyclic N) is 1. The zero-order valence-electron chi connectivity index (χ0n) is 10.4. The quantitative estimate of drug-likeness (QED) is 0.469. The second-order valence-electron chi connectivity index (χ2n) is 5.21. The first-order chi connectivity index (χ1) is 8.32. The van der Waals surface area contributed by atoms with Gasteiger partial charge in [0.15, 0.2) is 0 Å². The largest absolute Gasteiger partial charge is 0.392 e. The van der Waals surface area contributed by atoms with E-state index in [0.29, 0.717) is 13.0 Å². The fourth-order valence-electron chi connectivity index (χ4n) is 2.23. The molecular weight excluding hydrogens is 238 g/mol. The van der Waals surface area contributed by atoms with Crippen LogP contribution in [0.5, 0.6) is 0 Å². The predicted octanol–water partition coefficient (Wildman–Crippen LogP) is -2.03. The van der Waals surface area contributed by atoms with E-state index in [1.807, 2.05) is 0 Å². The molecule has 2 rings (SSSR count). The van der Waals surface area contributed by atoms with Crippen molar-refractivity contribution in [1.82, 2.24) is 15.5 Å². The SMILES string of the molecule is CC1(C)C(=O)NC(=O)CN1C(=O)C1CC(O)CN1. The van der Waals surface area contributed by atoms with Crippen molar-refractivity contribution in [3.63, 3.8) is 0 Å². The highest BCUT2D eigenvalue weighted by molar-refractivity contribution is 6.06. The monoisotopic (exact) mass is 255 g/mol. The Morgan fingerprint density at radius 3 is 2.67 bits per heavy atom. The van der Waals surface area contributed by atoms with Crippen molar-refractivity contribution in [3.8, 4) is 0 Å². The normalized spacial score (nSPS) is 31.4. The molecule has 0 aromatic heterocycles. The summed E-state index contributed by atoms with van der Waals surface area (Å²) in [5.74, 6) is -1.28. The number of hydrogen-bond acceptors (Lipinski definition) is 5. The van der Waals surface area contributed by atoms with E-state index in [1.165, 1.54) is 4.90 Å². The molecular formula is C11H17N3O4. The Kier molecular flexibility index (Phi) is 3.12. The first-order valence-electron chi connectivity index (χ1n) is 5.89. The number of aliphatic hydroxyl groups is 1. The number of imide groups is 1. The van der Waals surface area contributed by atoms with E-state index in [9.17, 15) is 19.5 Å². The highest BCUT2D eigenvalue weighted by Gasteiger charge is 2.46. The van der Waals surface area contributed by atoms with Gasteiger partial charge in [-0.1, -0.05) is 0 Å². The van der Waals surface area contributed by atoms with E-state index in [2.05, 4.69) is 10.6 Å². The van der Waals surface area contributed by atoms with Gasteiger partial charge in [-0.05, 0) is 20.3 Å². The van der Waals surface area contributed by atoms with Gasteiger partial charge in [-0.25, -0.2) is 0 Å². The fraction of sp³-hybridized carbons (Fsp3) is 0.727. The molecule has 0 aromatic rings. The third-order valence-electron chi connectivity index (χ3n) is 3.46. The number of rotatable bonds is 1. The van der Waals surface area contributed by atoms with Crippen LogP contribution < -0.4 is 10.6 Å². The summed E-state index contributed by atoms with van der Waals surface area (Å²) in [6.07, 6.45) is -0.252. The molecule has 0 spiro atoms. The van der Waals surface area contributed by atoms with Crippen LogP contribution in [-0.4, -0.2) is 58.5 Å². The maximum Gasteiger partial charge on any atom is 0.252 e. The van der Waals surface area contributed by atoms with Crippen molar-refractivity contribution in [3.05, 3.63) is 0 Å². The molecule has 0 bridgehead atoms. The summed E-state index contributed by atoms with van der Waals surface area (Å²) in [4.78, 5) is 36.6. The molecule has 2 aliphatic heterocycles. The summed E-state index contributed by atoms with van der Waals surface area (Å²) in [5.41, 5.74) is -1.06. The molecule has 3 amide bonds. The number of nitrogens with one attached hydrogen (secondary N) is 2. The third-order valence-corrected chi connectivity index (χ3v) is 3.46. The van der Waals surface area contributed by atoms with Gasteiger partial charge in [0, 0.05) is 6.54 Å². The maximum absolute atomic E-state index is 12.3. The van der Waals surface area contributed by atoms with E-state index >= 15 is 0 Å². The van der Waals surface area contributed by atoms with Crippen LogP contribution >= 0.6 is 0 Å². The number of carbonyl (C=O) groups excluding carboxylic acids is 3. The second kappa shape index (κ2) is 4.33. The van der Waals surface area contributed by atoms with Crippen molar-refractivity contribution in [1.29, 1.82) is 0 Å². The molecule has 2 heterocycles. The van der Waals surface area contributed by atoms with Crippen LogP contribution in [0.15, 0.2) is 0 Å². The number of amides is 3. The van der Waals surface area contributed by atoms with Crippen LogP contribution in [0, 0.1) is 0 Å². The summed E-state index contributed by atoms with van der Waals surface area (Å²) in [6, 6.07) is -0.530. The van der Waals surface area contributed by atoms with Crippen molar-refractivity contribution in [2.75, 3.05) is 13.1 Å². The first-order valence-corrected chi connectivity index (χ1v) is 5.89. The summed E-state index contributed by atoms with van der Waals surface area (Å²) < 4.78 is 0. The number of hydrogen-bond donors (Lipinski definition) is 3. The first kappa shape index (κ1) is 13.0. The van der Waals surface area contributed by atoms with Crippen LogP contribution in [-0.2, 0) is 14.4 Å². The summed E-state index contributed by atoms with van der Waals surface area (Å²) >= 11 is 0. The third kappa shape index (κ3) is 2.11. The van der Waals surface area contributed by atoms with Gasteiger partial charge in [0.25, 0.3) is 5.91 Å². The lowest BCUT2D eigenvalue weighted by atomic mass is 9.97. The van der Waals surface area contributed by atoms with E-state index in [4.69, 9.17) is 0 Å². The van der Waals surface area contributed by atoms with Gasteiger partial charge in [0.05, 0.1) is 12.1 Å². The van der Waals surface area contributed by atoms with Gasteiger partial charge in [-0.2, -0.15) is 0 Å².